The largest absolute Gasteiger partial charge is 0.322 e. The van der Waals surface area contributed by atoms with Crippen LogP contribution in [0, 0.1) is 17.0 Å². The Morgan fingerprint density at radius 1 is 1.27 bits per heavy atom. The Hall–Kier alpha value is -3.27. The summed E-state index contributed by atoms with van der Waals surface area (Å²) in [7, 11) is 1.67. The van der Waals surface area contributed by atoms with Crippen molar-refractivity contribution in [2.24, 2.45) is 7.05 Å². The summed E-state index contributed by atoms with van der Waals surface area (Å²) in [6.07, 6.45) is 0. The standard InChI is InChI=1S/C16H14N6O3S/c1-10-5-3-4-6-13(10)17-15(23)12-9-11(22(24)25)7-8-14(12)26-16-18-19-20-21(16)2/h3-9H,1-2H3,(H,17,23). The number of rotatable bonds is 5. The first-order chi connectivity index (χ1) is 12.5. The second kappa shape index (κ2) is 7.31. The molecule has 0 radical (unpaired) electrons. The summed E-state index contributed by atoms with van der Waals surface area (Å²) in [5.41, 5.74) is 1.54. The fraction of sp³-hybridized carbons (Fsp3) is 0.125. The lowest BCUT2D eigenvalue weighted by molar-refractivity contribution is -0.384. The minimum absolute atomic E-state index is 0.166. The molecule has 0 fully saturated rings. The average Bonchev–Trinajstić information content (AvgIpc) is 3.02. The molecule has 1 aromatic heterocycles. The van der Waals surface area contributed by atoms with Gasteiger partial charge in [-0.3, -0.25) is 14.9 Å². The van der Waals surface area contributed by atoms with Crippen LogP contribution in [0.4, 0.5) is 11.4 Å². The van der Waals surface area contributed by atoms with Crippen molar-refractivity contribution in [3.63, 3.8) is 0 Å². The molecule has 10 heteroatoms. The topological polar surface area (TPSA) is 116 Å². The molecule has 132 valence electrons. The van der Waals surface area contributed by atoms with Crippen molar-refractivity contribution in [1.82, 2.24) is 20.2 Å². The Labute approximate surface area is 152 Å². The highest BCUT2D eigenvalue weighted by Gasteiger charge is 2.19. The zero-order valence-corrected chi connectivity index (χ0v) is 14.7. The van der Waals surface area contributed by atoms with Crippen LogP contribution in [0.1, 0.15) is 15.9 Å². The van der Waals surface area contributed by atoms with E-state index in [4.69, 9.17) is 0 Å². The number of anilines is 1. The molecule has 1 N–H and O–H groups in total. The van der Waals surface area contributed by atoms with Gasteiger partial charge in [0.15, 0.2) is 0 Å². The van der Waals surface area contributed by atoms with E-state index in [9.17, 15) is 14.9 Å². The first-order valence-electron chi connectivity index (χ1n) is 7.51. The van der Waals surface area contributed by atoms with Gasteiger partial charge in [0, 0.05) is 29.8 Å². The van der Waals surface area contributed by atoms with E-state index in [-0.39, 0.29) is 11.3 Å². The molecule has 0 atom stereocenters. The fourth-order valence-corrected chi connectivity index (χ4v) is 3.05. The molecule has 0 aliphatic rings. The van der Waals surface area contributed by atoms with E-state index in [2.05, 4.69) is 20.8 Å². The van der Waals surface area contributed by atoms with Crippen LogP contribution in [-0.4, -0.2) is 31.0 Å². The van der Waals surface area contributed by atoms with E-state index in [1.54, 1.807) is 19.2 Å². The summed E-state index contributed by atoms with van der Waals surface area (Å²) >= 11 is 1.15. The van der Waals surface area contributed by atoms with E-state index >= 15 is 0 Å². The van der Waals surface area contributed by atoms with Crippen LogP contribution in [0.15, 0.2) is 52.5 Å². The Morgan fingerprint density at radius 3 is 2.69 bits per heavy atom. The molecule has 0 unspecified atom stereocenters. The summed E-state index contributed by atoms with van der Waals surface area (Å²) < 4.78 is 1.45. The van der Waals surface area contributed by atoms with Crippen molar-refractivity contribution in [3.05, 3.63) is 63.7 Å². The minimum Gasteiger partial charge on any atom is -0.322 e. The molecule has 0 aliphatic carbocycles. The summed E-state index contributed by atoms with van der Waals surface area (Å²) in [5.74, 6) is -0.444. The number of hydrogen-bond acceptors (Lipinski definition) is 7. The van der Waals surface area contributed by atoms with Crippen molar-refractivity contribution >= 4 is 29.0 Å². The Kier molecular flexibility index (Phi) is 4.94. The van der Waals surface area contributed by atoms with E-state index in [0.717, 1.165) is 17.3 Å². The van der Waals surface area contributed by atoms with Gasteiger partial charge in [-0.15, -0.1) is 5.10 Å². The van der Waals surface area contributed by atoms with Crippen LogP contribution in [0.2, 0.25) is 0 Å². The molecule has 3 aromatic rings. The molecule has 0 saturated heterocycles. The van der Waals surface area contributed by atoms with Gasteiger partial charge in [0.2, 0.25) is 5.16 Å². The van der Waals surface area contributed by atoms with Crippen LogP contribution in [0.5, 0.6) is 0 Å². The number of aryl methyl sites for hydroxylation is 2. The molecule has 0 spiro atoms. The molecule has 0 aliphatic heterocycles. The maximum Gasteiger partial charge on any atom is 0.270 e. The number of benzene rings is 2. The minimum atomic E-state index is -0.539. The summed E-state index contributed by atoms with van der Waals surface area (Å²) in [5, 5.41) is 25.5. The normalized spacial score (nSPS) is 10.5. The summed E-state index contributed by atoms with van der Waals surface area (Å²) in [6.45, 7) is 1.87. The van der Waals surface area contributed by atoms with Gasteiger partial charge in [-0.25, -0.2) is 4.68 Å². The molecule has 3 rings (SSSR count). The molecule has 9 nitrogen and oxygen atoms in total. The van der Waals surface area contributed by atoms with Gasteiger partial charge in [0.05, 0.1) is 10.5 Å². The van der Waals surface area contributed by atoms with E-state index in [0.29, 0.717) is 15.7 Å². The van der Waals surface area contributed by atoms with Crippen molar-refractivity contribution in [1.29, 1.82) is 0 Å². The molecule has 1 amide bonds. The number of carbonyl (C=O) groups excluding carboxylic acids is 1. The number of non-ortho nitro benzene ring substituents is 1. The number of para-hydroxylation sites is 1. The lowest BCUT2D eigenvalue weighted by atomic mass is 10.1. The zero-order chi connectivity index (χ0) is 18.7. The van der Waals surface area contributed by atoms with Crippen molar-refractivity contribution in [2.45, 2.75) is 17.0 Å². The lowest BCUT2D eigenvalue weighted by Crippen LogP contribution is -2.14. The number of hydrogen-bond donors (Lipinski definition) is 1. The van der Waals surface area contributed by atoms with E-state index < -0.39 is 10.8 Å². The fourth-order valence-electron chi connectivity index (χ4n) is 2.21. The number of aromatic nitrogens is 4. The van der Waals surface area contributed by atoms with Crippen molar-refractivity contribution in [2.75, 3.05) is 5.32 Å². The predicted molar refractivity (Wildman–Crippen MR) is 95.1 cm³/mol. The van der Waals surface area contributed by atoms with Gasteiger partial charge in [-0.1, -0.05) is 18.2 Å². The molecule has 0 saturated carbocycles. The monoisotopic (exact) mass is 370 g/mol. The van der Waals surface area contributed by atoms with Crippen LogP contribution in [-0.2, 0) is 7.05 Å². The van der Waals surface area contributed by atoms with Gasteiger partial charge in [0.1, 0.15) is 0 Å². The SMILES string of the molecule is Cc1ccccc1NC(=O)c1cc([N+](=O)[O-])ccc1Sc1nnnn1C. The first kappa shape index (κ1) is 17.5. The Balaban J connectivity index is 1.98. The number of nitro groups is 1. The third-order valence-electron chi connectivity index (χ3n) is 3.59. The molecule has 26 heavy (non-hydrogen) atoms. The smallest absolute Gasteiger partial charge is 0.270 e. The number of nitrogens with zero attached hydrogens (tertiary/aromatic N) is 5. The van der Waals surface area contributed by atoms with Crippen molar-refractivity contribution < 1.29 is 9.72 Å². The van der Waals surface area contributed by atoms with Gasteiger partial charge in [-0.2, -0.15) is 0 Å². The van der Waals surface area contributed by atoms with Gasteiger partial charge < -0.3 is 5.32 Å². The molecule has 2 aromatic carbocycles. The molecular weight excluding hydrogens is 356 g/mol. The molecule has 1 heterocycles. The number of tetrazole rings is 1. The maximum atomic E-state index is 12.8. The van der Waals surface area contributed by atoms with Gasteiger partial charge >= 0.3 is 0 Å². The lowest BCUT2D eigenvalue weighted by Gasteiger charge is -2.11. The number of carbonyl (C=O) groups is 1. The zero-order valence-electron chi connectivity index (χ0n) is 13.9. The van der Waals surface area contributed by atoms with E-state index in [1.165, 1.54) is 22.9 Å². The third kappa shape index (κ3) is 3.70. The van der Waals surface area contributed by atoms with Crippen molar-refractivity contribution in [3.8, 4) is 0 Å². The second-order valence-electron chi connectivity index (χ2n) is 5.39. The molecule has 0 bridgehead atoms. The highest BCUT2D eigenvalue weighted by atomic mass is 32.2. The predicted octanol–water partition coefficient (Wildman–Crippen LogP) is 2.83. The van der Waals surface area contributed by atoms with Gasteiger partial charge in [-0.05, 0) is 46.8 Å². The Bertz CT molecular complexity index is 988. The van der Waals surface area contributed by atoms with Crippen LogP contribution >= 0.6 is 11.8 Å². The quantitative estimate of drug-likeness (QED) is 0.542. The van der Waals surface area contributed by atoms with Crippen LogP contribution in [0.25, 0.3) is 0 Å². The number of amides is 1. The van der Waals surface area contributed by atoms with Crippen LogP contribution in [0.3, 0.4) is 0 Å². The van der Waals surface area contributed by atoms with E-state index in [1.807, 2.05) is 19.1 Å². The maximum absolute atomic E-state index is 12.8. The number of nitro benzene ring substituents is 1. The Morgan fingerprint density at radius 2 is 2.04 bits per heavy atom. The first-order valence-corrected chi connectivity index (χ1v) is 8.33. The van der Waals surface area contributed by atoms with Gasteiger partial charge in [0.25, 0.3) is 11.6 Å². The molecular formula is C16H14N6O3S. The number of nitrogens with one attached hydrogen (secondary N) is 1. The highest BCUT2D eigenvalue weighted by molar-refractivity contribution is 7.99. The summed E-state index contributed by atoms with van der Waals surface area (Å²) in [4.78, 5) is 23.8. The van der Waals surface area contributed by atoms with Crippen LogP contribution < -0.4 is 5.32 Å². The third-order valence-corrected chi connectivity index (χ3v) is 4.70. The average molecular weight is 370 g/mol. The highest BCUT2D eigenvalue weighted by Crippen LogP contribution is 2.31. The second-order valence-corrected chi connectivity index (χ2v) is 6.40. The summed E-state index contributed by atoms with van der Waals surface area (Å²) in [6, 6.07) is 11.4.